The number of amides is 1. The molecule has 0 atom stereocenters. The van der Waals surface area contributed by atoms with Gasteiger partial charge in [0.2, 0.25) is 5.91 Å². The summed E-state index contributed by atoms with van der Waals surface area (Å²) in [5.41, 5.74) is 1.11. The van der Waals surface area contributed by atoms with E-state index >= 15 is 0 Å². The molecule has 1 saturated heterocycles. The molecule has 18 heavy (non-hydrogen) atoms. The van der Waals surface area contributed by atoms with Gasteiger partial charge in [0.15, 0.2) is 0 Å². The fraction of sp³-hybridized carbons (Fsp3) is 0.385. The standard InChI is InChI=1S/C13H14BrN3O/c14-11-9-17(12-8-15-4-3-10(11)12)7-6-16-5-1-2-13(16)18/h3-4,8-9H,1-2,5-7H2. The first-order chi connectivity index (χ1) is 8.75. The van der Waals surface area contributed by atoms with Gasteiger partial charge in [0.25, 0.3) is 0 Å². The van der Waals surface area contributed by atoms with Crippen LogP contribution in [0.25, 0.3) is 10.9 Å². The third-order valence-corrected chi connectivity index (χ3v) is 4.05. The maximum absolute atomic E-state index is 11.6. The van der Waals surface area contributed by atoms with E-state index in [9.17, 15) is 4.79 Å². The molecular weight excluding hydrogens is 294 g/mol. The van der Waals surface area contributed by atoms with Crippen molar-refractivity contribution < 1.29 is 4.79 Å². The zero-order valence-electron chi connectivity index (χ0n) is 9.97. The third-order valence-electron chi connectivity index (χ3n) is 3.42. The minimum Gasteiger partial charge on any atom is -0.343 e. The van der Waals surface area contributed by atoms with Crippen LogP contribution in [0.2, 0.25) is 0 Å². The summed E-state index contributed by atoms with van der Waals surface area (Å²) in [4.78, 5) is 17.7. The first-order valence-corrected chi connectivity index (χ1v) is 6.91. The predicted molar refractivity (Wildman–Crippen MR) is 73.2 cm³/mol. The molecular formula is C13H14BrN3O. The number of carbonyl (C=O) groups excluding carboxylic acids is 1. The number of rotatable bonds is 3. The molecule has 1 aliphatic heterocycles. The molecule has 0 radical (unpaired) electrons. The fourth-order valence-corrected chi connectivity index (χ4v) is 3.03. The second-order valence-corrected chi connectivity index (χ2v) is 5.40. The summed E-state index contributed by atoms with van der Waals surface area (Å²) in [6.07, 6.45) is 7.43. The van der Waals surface area contributed by atoms with Crippen LogP contribution in [0, 0.1) is 0 Å². The summed E-state index contributed by atoms with van der Waals surface area (Å²) in [7, 11) is 0. The Morgan fingerprint density at radius 3 is 3.06 bits per heavy atom. The minimum absolute atomic E-state index is 0.281. The summed E-state index contributed by atoms with van der Waals surface area (Å²) in [5.74, 6) is 0.281. The Kier molecular flexibility index (Phi) is 3.07. The predicted octanol–water partition coefficient (Wildman–Crippen LogP) is 2.42. The Labute approximate surface area is 114 Å². The Morgan fingerprint density at radius 2 is 2.28 bits per heavy atom. The monoisotopic (exact) mass is 307 g/mol. The summed E-state index contributed by atoms with van der Waals surface area (Å²) in [6.45, 7) is 2.50. The van der Waals surface area contributed by atoms with E-state index in [1.54, 1.807) is 6.20 Å². The fourth-order valence-electron chi connectivity index (χ4n) is 2.45. The van der Waals surface area contributed by atoms with Gasteiger partial charge >= 0.3 is 0 Å². The van der Waals surface area contributed by atoms with Gasteiger partial charge in [-0.05, 0) is 28.4 Å². The van der Waals surface area contributed by atoms with Gasteiger partial charge in [-0.1, -0.05) is 0 Å². The Bertz CT molecular complexity index is 593. The lowest BCUT2D eigenvalue weighted by Crippen LogP contribution is -2.28. The molecule has 2 aromatic heterocycles. The smallest absolute Gasteiger partial charge is 0.222 e. The number of aromatic nitrogens is 2. The molecule has 0 N–H and O–H groups in total. The van der Waals surface area contributed by atoms with Crippen molar-refractivity contribution in [2.24, 2.45) is 0 Å². The molecule has 2 aromatic rings. The average molecular weight is 308 g/mol. The lowest BCUT2D eigenvalue weighted by atomic mass is 10.3. The van der Waals surface area contributed by atoms with Gasteiger partial charge in [-0.15, -0.1) is 0 Å². The molecule has 0 bridgehead atoms. The van der Waals surface area contributed by atoms with Crippen molar-refractivity contribution in [1.29, 1.82) is 0 Å². The van der Waals surface area contributed by atoms with E-state index < -0.39 is 0 Å². The first-order valence-electron chi connectivity index (χ1n) is 6.12. The number of hydrogen-bond donors (Lipinski definition) is 0. The molecule has 0 aliphatic carbocycles. The van der Waals surface area contributed by atoms with Crippen molar-refractivity contribution in [3.63, 3.8) is 0 Å². The van der Waals surface area contributed by atoms with Crippen molar-refractivity contribution in [1.82, 2.24) is 14.5 Å². The average Bonchev–Trinajstić information content (AvgIpc) is 2.92. The quantitative estimate of drug-likeness (QED) is 0.873. The topological polar surface area (TPSA) is 38.1 Å². The zero-order chi connectivity index (χ0) is 12.5. The summed E-state index contributed by atoms with van der Waals surface area (Å²) in [5, 5.41) is 1.16. The second kappa shape index (κ2) is 4.72. The van der Waals surface area contributed by atoms with E-state index in [0.717, 1.165) is 41.4 Å². The number of nitrogens with zero attached hydrogens (tertiary/aromatic N) is 3. The van der Waals surface area contributed by atoms with Gasteiger partial charge in [-0.3, -0.25) is 9.78 Å². The van der Waals surface area contributed by atoms with Crippen LogP contribution in [0.5, 0.6) is 0 Å². The maximum atomic E-state index is 11.6. The Morgan fingerprint density at radius 1 is 1.39 bits per heavy atom. The summed E-state index contributed by atoms with van der Waals surface area (Å²) >= 11 is 3.55. The highest BCUT2D eigenvalue weighted by atomic mass is 79.9. The molecule has 5 heteroatoms. The van der Waals surface area contributed by atoms with Crippen molar-refractivity contribution in [2.75, 3.05) is 13.1 Å². The van der Waals surface area contributed by atoms with Gasteiger partial charge in [0, 0.05) is 48.3 Å². The number of carbonyl (C=O) groups is 1. The normalized spacial score (nSPS) is 15.8. The Hall–Kier alpha value is -1.36. The molecule has 4 nitrogen and oxygen atoms in total. The molecule has 0 unspecified atom stereocenters. The van der Waals surface area contributed by atoms with Gasteiger partial charge in [0.05, 0.1) is 11.7 Å². The van der Waals surface area contributed by atoms with E-state index in [0.29, 0.717) is 6.42 Å². The van der Waals surface area contributed by atoms with E-state index in [4.69, 9.17) is 0 Å². The highest BCUT2D eigenvalue weighted by Gasteiger charge is 2.19. The van der Waals surface area contributed by atoms with Crippen LogP contribution in [0.4, 0.5) is 0 Å². The maximum Gasteiger partial charge on any atom is 0.222 e. The highest BCUT2D eigenvalue weighted by molar-refractivity contribution is 9.10. The SMILES string of the molecule is O=C1CCCN1CCn1cc(Br)c2ccncc21. The number of likely N-dealkylation sites (tertiary alicyclic amines) is 1. The van der Waals surface area contributed by atoms with Gasteiger partial charge in [-0.2, -0.15) is 0 Å². The highest BCUT2D eigenvalue weighted by Crippen LogP contribution is 2.25. The number of halogens is 1. The number of fused-ring (bicyclic) bond motifs is 1. The van der Waals surface area contributed by atoms with Crippen LogP contribution in [-0.4, -0.2) is 33.4 Å². The molecule has 0 spiro atoms. The van der Waals surface area contributed by atoms with Crippen molar-refractivity contribution in [3.8, 4) is 0 Å². The molecule has 94 valence electrons. The first kappa shape index (κ1) is 11.7. The lowest BCUT2D eigenvalue weighted by molar-refractivity contribution is -0.127. The number of pyridine rings is 1. The van der Waals surface area contributed by atoms with Crippen molar-refractivity contribution in [2.45, 2.75) is 19.4 Å². The van der Waals surface area contributed by atoms with E-state index in [-0.39, 0.29) is 5.91 Å². The molecule has 1 fully saturated rings. The molecule has 1 amide bonds. The summed E-state index contributed by atoms with van der Waals surface area (Å²) < 4.78 is 3.23. The number of hydrogen-bond acceptors (Lipinski definition) is 2. The lowest BCUT2D eigenvalue weighted by Gasteiger charge is -2.16. The van der Waals surface area contributed by atoms with Gasteiger partial charge in [0.1, 0.15) is 0 Å². The van der Waals surface area contributed by atoms with Gasteiger partial charge < -0.3 is 9.47 Å². The second-order valence-electron chi connectivity index (χ2n) is 4.55. The molecule has 0 saturated carbocycles. The van der Waals surface area contributed by atoms with E-state index in [2.05, 4.69) is 31.7 Å². The molecule has 3 rings (SSSR count). The largest absolute Gasteiger partial charge is 0.343 e. The third kappa shape index (κ3) is 2.03. The van der Waals surface area contributed by atoms with Crippen LogP contribution >= 0.6 is 15.9 Å². The van der Waals surface area contributed by atoms with Crippen LogP contribution in [0.15, 0.2) is 29.1 Å². The van der Waals surface area contributed by atoms with E-state index in [1.165, 1.54) is 0 Å². The van der Waals surface area contributed by atoms with Crippen molar-refractivity contribution in [3.05, 3.63) is 29.1 Å². The van der Waals surface area contributed by atoms with Crippen LogP contribution in [0.3, 0.4) is 0 Å². The van der Waals surface area contributed by atoms with Crippen LogP contribution in [0.1, 0.15) is 12.8 Å². The van der Waals surface area contributed by atoms with Crippen molar-refractivity contribution >= 4 is 32.7 Å². The molecule has 3 heterocycles. The van der Waals surface area contributed by atoms with Crippen LogP contribution in [-0.2, 0) is 11.3 Å². The zero-order valence-corrected chi connectivity index (χ0v) is 11.6. The van der Waals surface area contributed by atoms with Gasteiger partial charge in [-0.25, -0.2) is 0 Å². The van der Waals surface area contributed by atoms with E-state index in [1.807, 2.05) is 17.2 Å². The molecule has 0 aromatic carbocycles. The minimum atomic E-state index is 0.281. The Balaban J connectivity index is 1.80. The molecule has 1 aliphatic rings. The summed E-state index contributed by atoms with van der Waals surface area (Å²) in [6, 6.07) is 2.00. The van der Waals surface area contributed by atoms with Crippen LogP contribution < -0.4 is 0 Å².